The van der Waals surface area contributed by atoms with Crippen LogP contribution < -0.4 is 0 Å². The maximum Gasteiger partial charge on any atom is 0.348 e. The Balaban J connectivity index is 2.86. The van der Waals surface area contributed by atoms with Gasteiger partial charge < -0.3 is 0 Å². The van der Waals surface area contributed by atoms with Gasteiger partial charge in [-0.15, -0.1) is 0 Å². The number of rotatable bonds is 3. The molecule has 1 rings (SSSR count). The molecule has 0 unspecified atom stereocenters. The summed E-state index contributed by atoms with van der Waals surface area (Å²) in [6, 6.07) is 7.93. The lowest BCUT2D eigenvalue weighted by Crippen LogP contribution is -2.23. The highest BCUT2D eigenvalue weighted by Crippen LogP contribution is 2.08. The van der Waals surface area contributed by atoms with Gasteiger partial charge in [-0.2, -0.15) is 0 Å². The van der Waals surface area contributed by atoms with Gasteiger partial charge in [0, 0.05) is 10.5 Å². The van der Waals surface area contributed by atoms with E-state index in [0.717, 1.165) is 0 Å². The second-order valence-electron chi connectivity index (χ2n) is 2.35. The highest BCUT2D eigenvalue weighted by Gasteiger charge is 2.27. The largest absolute Gasteiger partial charge is 0.348 e. The van der Waals surface area contributed by atoms with E-state index in [1.165, 1.54) is 12.1 Å². The number of Topliss-reactive ketones (excluding diaryl/α,β-unsaturated/α-hetero) is 1. The second-order valence-corrected chi connectivity index (χ2v) is 2.76. The van der Waals surface area contributed by atoms with Crippen molar-refractivity contribution in [1.29, 1.82) is 0 Å². The van der Waals surface area contributed by atoms with Crippen molar-refractivity contribution in [2.75, 3.05) is 0 Å². The van der Waals surface area contributed by atoms with Gasteiger partial charge in [0.2, 0.25) is 0 Å². The summed E-state index contributed by atoms with van der Waals surface area (Å²) in [5.74, 6) is -0.688. The van der Waals surface area contributed by atoms with Gasteiger partial charge in [0.15, 0.2) is 0 Å². The molecule has 68 valence electrons. The average Bonchev–Trinajstić information content (AvgIpc) is 2.17. The molecule has 0 bridgehead atoms. The Morgan fingerprint density at radius 1 is 1.38 bits per heavy atom. The van der Waals surface area contributed by atoms with Crippen molar-refractivity contribution >= 4 is 17.4 Å². The summed E-state index contributed by atoms with van der Waals surface area (Å²) in [4.78, 5) is 20.6. The van der Waals surface area contributed by atoms with Gasteiger partial charge in [0.25, 0.3) is 5.78 Å². The minimum atomic E-state index is -1.69. The topological polar surface area (TPSA) is 60.2 Å². The number of hydrogen-bond donors (Lipinski definition) is 0. The van der Waals surface area contributed by atoms with Crippen LogP contribution in [0.3, 0.4) is 0 Å². The molecule has 0 saturated carbocycles. The summed E-state index contributed by atoms with van der Waals surface area (Å²) in [5, 5.41) is 10.2. The van der Waals surface area contributed by atoms with E-state index in [-0.39, 0.29) is 5.56 Å². The van der Waals surface area contributed by atoms with Crippen LogP contribution in [0.5, 0.6) is 0 Å². The Morgan fingerprint density at radius 3 is 2.38 bits per heavy atom. The second kappa shape index (κ2) is 4.00. The number of carbonyl (C=O) groups is 1. The number of carbonyl (C=O) groups excluding carboxylic acids is 1. The molecule has 0 spiro atoms. The molecule has 0 heterocycles. The van der Waals surface area contributed by atoms with Gasteiger partial charge in [-0.05, 0) is 11.6 Å². The maximum absolute atomic E-state index is 11.2. The van der Waals surface area contributed by atoms with Crippen molar-refractivity contribution < 1.29 is 9.72 Å². The van der Waals surface area contributed by atoms with Crippen LogP contribution in [-0.4, -0.2) is 16.2 Å². The van der Waals surface area contributed by atoms with Crippen LogP contribution in [0.15, 0.2) is 30.3 Å². The van der Waals surface area contributed by atoms with E-state index in [1.54, 1.807) is 18.2 Å². The predicted molar refractivity (Wildman–Crippen MR) is 47.4 cm³/mol. The summed E-state index contributed by atoms with van der Waals surface area (Å²) in [6.07, 6.45) is 0. The van der Waals surface area contributed by atoms with Crippen LogP contribution in [0, 0.1) is 10.1 Å². The van der Waals surface area contributed by atoms with E-state index in [4.69, 9.17) is 11.6 Å². The van der Waals surface area contributed by atoms with Crippen LogP contribution in [0.1, 0.15) is 10.4 Å². The molecule has 13 heavy (non-hydrogen) atoms. The van der Waals surface area contributed by atoms with Crippen LogP contribution in [0.2, 0.25) is 0 Å². The van der Waals surface area contributed by atoms with E-state index in [9.17, 15) is 14.9 Å². The molecule has 1 atom stereocenters. The SMILES string of the molecule is O=C(c1ccccc1)[C@H](Cl)[N+](=O)[O-]. The van der Waals surface area contributed by atoms with Gasteiger partial charge in [-0.25, -0.2) is 0 Å². The molecule has 0 aromatic heterocycles. The van der Waals surface area contributed by atoms with Crippen LogP contribution in [0.25, 0.3) is 0 Å². The smallest absolute Gasteiger partial charge is 0.285 e. The first-order valence-electron chi connectivity index (χ1n) is 3.50. The summed E-state index contributed by atoms with van der Waals surface area (Å²) in [7, 11) is 0. The van der Waals surface area contributed by atoms with Crippen molar-refractivity contribution in [3.05, 3.63) is 46.0 Å². The molecule has 0 amide bonds. The van der Waals surface area contributed by atoms with Crippen LogP contribution in [0.4, 0.5) is 0 Å². The minimum absolute atomic E-state index is 0.249. The lowest BCUT2D eigenvalue weighted by atomic mass is 10.1. The van der Waals surface area contributed by atoms with E-state index < -0.39 is 16.2 Å². The van der Waals surface area contributed by atoms with Gasteiger partial charge in [0.1, 0.15) is 0 Å². The minimum Gasteiger partial charge on any atom is -0.285 e. The zero-order chi connectivity index (χ0) is 9.84. The van der Waals surface area contributed by atoms with Crippen molar-refractivity contribution in [3.8, 4) is 0 Å². The molecule has 0 radical (unpaired) electrons. The molecule has 0 aliphatic rings. The number of benzene rings is 1. The first kappa shape index (κ1) is 9.67. The van der Waals surface area contributed by atoms with Gasteiger partial charge >= 0.3 is 5.50 Å². The maximum atomic E-state index is 11.2. The third-order valence-electron chi connectivity index (χ3n) is 1.46. The molecule has 1 aromatic rings. The first-order chi connectivity index (χ1) is 6.13. The third-order valence-corrected chi connectivity index (χ3v) is 1.82. The number of nitro groups is 1. The number of nitrogens with zero attached hydrogens (tertiary/aromatic N) is 1. The normalized spacial score (nSPS) is 12.1. The zero-order valence-electron chi connectivity index (χ0n) is 6.51. The molecule has 1 aromatic carbocycles. The van der Waals surface area contributed by atoms with Gasteiger partial charge in [-0.1, -0.05) is 30.3 Å². The standard InChI is InChI=1S/C8H6ClNO3/c9-8(10(12)13)7(11)6-4-2-1-3-5-6/h1-5,8H/t8-/m1/s1. The van der Waals surface area contributed by atoms with E-state index in [0.29, 0.717) is 0 Å². The summed E-state index contributed by atoms with van der Waals surface area (Å²) in [6.45, 7) is 0. The van der Waals surface area contributed by atoms with Crippen molar-refractivity contribution in [3.63, 3.8) is 0 Å². The third kappa shape index (κ3) is 2.26. The summed E-state index contributed by atoms with van der Waals surface area (Å²) >= 11 is 5.25. The van der Waals surface area contributed by atoms with E-state index in [2.05, 4.69) is 0 Å². The van der Waals surface area contributed by atoms with Crippen LogP contribution >= 0.6 is 11.6 Å². The fourth-order valence-corrected chi connectivity index (χ4v) is 0.962. The lowest BCUT2D eigenvalue weighted by Gasteiger charge is -1.99. The fraction of sp³-hybridized carbons (Fsp3) is 0.125. The molecular weight excluding hydrogens is 194 g/mol. The van der Waals surface area contributed by atoms with Gasteiger partial charge in [-0.3, -0.25) is 14.9 Å². The molecular formula is C8H6ClNO3. The highest BCUT2D eigenvalue weighted by atomic mass is 35.5. The van der Waals surface area contributed by atoms with Crippen LogP contribution in [-0.2, 0) is 0 Å². The van der Waals surface area contributed by atoms with E-state index >= 15 is 0 Å². The lowest BCUT2D eigenvalue weighted by molar-refractivity contribution is -0.482. The molecule has 4 nitrogen and oxygen atoms in total. The number of alkyl halides is 1. The van der Waals surface area contributed by atoms with Crippen molar-refractivity contribution in [2.45, 2.75) is 5.50 Å². The molecule has 0 aliphatic carbocycles. The molecule has 0 aliphatic heterocycles. The molecule has 5 heteroatoms. The molecule has 0 fully saturated rings. The Hall–Kier alpha value is -1.42. The van der Waals surface area contributed by atoms with E-state index in [1.807, 2.05) is 0 Å². The summed E-state index contributed by atoms with van der Waals surface area (Å²) < 4.78 is 0. The van der Waals surface area contributed by atoms with Crippen molar-refractivity contribution in [2.24, 2.45) is 0 Å². The Kier molecular flexibility index (Phi) is 2.97. The number of hydrogen-bond acceptors (Lipinski definition) is 3. The number of ketones is 1. The number of halogens is 1. The predicted octanol–water partition coefficient (Wildman–Crippen LogP) is 1.71. The molecule has 0 saturated heterocycles. The fourth-order valence-electron chi connectivity index (χ4n) is 0.836. The monoisotopic (exact) mass is 199 g/mol. The van der Waals surface area contributed by atoms with Gasteiger partial charge in [0.05, 0.1) is 0 Å². The first-order valence-corrected chi connectivity index (χ1v) is 3.93. The highest BCUT2D eigenvalue weighted by molar-refractivity contribution is 6.32. The Labute approximate surface area is 79.3 Å². The zero-order valence-corrected chi connectivity index (χ0v) is 7.27. The Bertz CT molecular complexity index is 325. The summed E-state index contributed by atoms with van der Waals surface area (Å²) in [5.41, 5.74) is -1.44. The average molecular weight is 200 g/mol. The van der Waals surface area contributed by atoms with Crippen molar-refractivity contribution in [1.82, 2.24) is 0 Å². The molecule has 0 N–H and O–H groups in total. The quantitative estimate of drug-likeness (QED) is 0.245. The Morgan fingerprint density at radius 2 is 1.92 bits per heavy atom.